The molecule has 0 saturated heterocycles. The lowest BCUT2D eigenvalue weighted by Crippen LogP contribution is -2.25. The molecule has 26 heavy (non-hydrogen) atoms. The van der Waals surface area contributed by atoms with Crippen molar-refractivity contribution in [1.29, 1.82) is 0 Å². The molecular formula is C21H21N3O2. The molecule has 132 valence electrons. The highest BCUT2D eigenvalue weighted by molar-refractivity contribution is 5.83. The predicted octanol–water partition coefficient (Wildman–Crippen LogP) is 3.30. The molecule has 5 nitrogen and oxygen atoms in total. The summed E-state index contributed by atoms with van der Waals surface area (Å²) in [5.74, 6) is 1.24. The monoisotopic (exact) mass is 347 g/mol. The van der Waals surface area contributed by atoms with Crippen molar-refractivity contribution in [3.8, 4) is 11.4 Å². The summed E-state index contributed by atoms with van der Waals surface area (Å²) in [5.41, 5.74) is 3.16. The Bertz CT molecular complexity index is 905. The number of hydrogen-bond acceptors (Lipinski definition) is 3. The van der Waals surface area contributed by atoms with Gasteiger partial charge in [-0.3, -0.25) is 4.79 Å². The van der Waals surface area contributed by atoms with Crippen LogP contribution in [-0.4, -0.2) is 22.8 Å². The first-order chi connectivity index (χ1) is 12.8. The maximum atomic E-state index is 12.5. The largest absolute Gasteiger partial charge is 0.496 e. The molecule has 0 bridgehead atoms. The van der Waals surface area contributed by atoms with E-state index in [0.717, 1.165) is 29.0 Å². The van der Waals surface area contributed by atoms with Gasteiger partial charge in [0.15, 0.2) is 0 Å². The van der Waals surface area contributed by atoms with Crippen LogP contribution in [0.2, 0.25) is 0 Å². The van der Waals surface area contributed by atoms with Crippen molar-refractivity contribution in [2.24, 2.45) is 5.92 Å². The molecule has 0 unspecified atom stereocenters. The van der Waals surface area contributed by atoms with Crippen LogP contribution in [0.25, 0.3) is 5.69 Å². The standard InChI is InChI=1S/C21H21N3O2/c1-26-20-9-3-2-8-17(20)18-13-19(18)21(25)22-14-15-6-4-7-16(12-15)24-11-5-10-23-24/h2-12,18-19H,13-14H2,1H3,(H,22,25)/t18-,19+/m1/s1. The minimum absolute atomic E-state index is 0.0283. The van der Waals surface area contributed by atoms with Gasteiger partial charge in [0, 0.05) is 24.9 Å². The van der Waals surface area contributed by atoms with Crippen LogP contribution in [0, 0.1) is 5.92 Å². The molecule has 1 aromatic heterocycles. The molecule has 2 aromatic carbocycles. The van der Waals surface area contributed by atoms with Crippen LogP contribution >= 0.6 is 0 Å². The van der Waals surface area contributed by atoms with Crippen LogP contribution in [0.5, 0.6) is 5.75 Å². The van der Waals surface area contributed by atoms with E-state index >= 15 is 0 Å². The first-order valence-electron chi connectivity index (χ1n) is 8.76. The van der Waals surface area contributed by atoms with E-state index in [4.69, 9.17) is 4.74 Å². The number of hydrogen-bond donors (Lipinski definition) is 1. The van der Waals surface area contributed by atoms with Crippen LogP contribution in [0.3, 0.4) is 0 Å². The molecule has 1 aliphatic rings. The second-order valence-corrected chi connectivity index (χ2v) is 6.53. The highest BCUT2D eigenvalue weighted by atomic mass is 16.5. The van der Waals surface area contributed by atoms with Crippen molar-refractivity contribution in [1.82, 2.24) is 15.1 Å². The quantitative estimate of drug-likeness (QED) is 0.744. The number of para-hydroxylation sites is 1. The predicted molar refractivity (Wildman–Crippen MR) is 99.3 cm³/mol. The SMILES string of the molecule is COc1ccccc1[C@H]1C[C@@H]1C(=O)NCc1cccc(-n2cccn2)c1. The molecule has 0 aliphatic heterocycles. The van der Waals surface area contributed by atoms with E-state index in [2.05, 4.69) is 10.4 Å². The van der Waals surface area contributed by atoms with Gasteiger partial charge in [0.05, 0.1) is 12.8 Å². The molecule has 4 rings (SSSR count). The van der Waals surface area contributed by atoms with Gasteiger partial charge in [-0.15, -0.1) is 0 Å². The molecule has 1 heterocycles. The smallest absolute Gasteiger partial charge is 0.224 e. The summed E-state index contributed by atoms with van der Waals surface area (Å²) < 4.78 is 7.22. The van der Waals surface area contributed by atoms with Crippen LogP contribution in [0.4, 0.5) is 0 Å². The Labute approximate surface area is 152 Å². The third-order valence-electron chi connectivity index (χ3n) is 4.81. The minimum Gasteiger partial charge on any atom is -0.496 e. The van der Waals surface area contributed by atoms with Gasteiger partial charge in [-0.1, -0.05) is 30.3 Å². The average molecular weight is 347 g/mol. The van der Waals surface area contributed by atoms with Gasteiger partial charge in [0.2, 0.25) is 5.91 Å². The van der Waals surface area contributed by atoms with Crippen molar-refractivity contribution in [3.05, 3.63) is 78.1 Å². The van der Waals surface area contributed by atoms with E-state index in [-0.39, 0.29) is 17.7 Å². The summed E-state index contributed by atoms with van der Waals surface area (Å²) in [5, 5.41) is 7.30. The number of carbonyl (C=O) groups is 1. The molecule has 1 fully saturated rings. The van der Waals surface area contributed by atoms with E-state index in [1.807, 2.05) is 65.5 Å². The number of nitrogens with zero attached hydrogens (tertiary/aromatic N) is 2. The van der Waals surface area contributed by atoms with Gasteiger partial charge in [-0.05, 0) is 47.7 Å². The Morgan fingerprint density at radius 1 is 1.23 bits per heavy atom. The Balaban J connectivity index is 1.37. The summed E-state index contributed by atoms with van der Waals surface area (Å²) in [6.07, 6.45) is 4.53. The van der Waals surface area contributed by atoms with Gasteiger partial charge in [-0.25, -0.2) is 4.68 Å². The van der Waals surface area contributed by atoms with Crippen molar-refractivity contribution >= 4 is 5.91 Å². The normalized spacial score (nSPS) is 18.3. The van der Waals surface area contributed by atoms with E-state index < -0.39 is 0 Å². The van der Waals surface area contributed by atoms with Gasteiger partial charge < -0.3 is 10.1 Å². The minimum atomic E-state index is 0.0283. The third kappa shape index (κ3) is 3.33. The molecule has 1 saturated carbocycles. The van der Waals surface area contributed by atoms with E-state index in [9.17, 15) is 4.79 Å². The summed E-state index contributed by atoms with van der Waals surface area (Å²) in [7, 11) is 1.67. The second-order valence-electron chi connectivity index (χ2n) is 6.53. The van der Waals surface area contributed by atoms with Gasteiger partial charge in [0.1, 0.15) is 5.75 Å². The fraction of sp³-hybridized carbons (Fsp3) is 0.238. The molecular weight excluding hydrogens is 326 g/mol. The van der Waals surface area contributed by atoms with Crippen LogP contribution in [0.15, 0.2) is 67.0 Å². The average Bonchev–Trinajstić information content (AvgIpc) is 3.30. The number of amides is 1. The zero-order valence-electron chi connectivity index (χ0n) is 14.6. The van der Waals surface area contributed by atoms with Crippen LogP contribution < -0.4 is 10.1 Å². The molecule has 3 aromatic rings. The van der Waals surface area contributed by atoms with Crippen LogP contribution in [-0.2, 0) is 11.3 Å². The molecule has 0 radical (unpaired) electrons. The summed E-state index contributed by atoms with van der Waals surface area (Å²) in [4.78, 5) is 12.5. The lowest BCUT2D eigenvalue weighted by molar-refractivity contribution is -0.122. The molecule has 1 aliphatic carbocycles. The topological polar surface area (TPSA) is 56.1 Å². The number of benzene rings is 2. The Hall–Kier alpha value is -3.08. The number of rotatable bonds is 6. The molecule has 2 atom stereocenters. The molecule has 5 heteroatoms. The Kier molecular flexibility index (Phi) is 4.44. The first kappa shape index (κ1) is 16.4. The van der Waals surface area contributed by atoms with Gasteiger partial charge >= 0.3 is 0 Å². The Morgan fingerprint density at radius 2 is 2.12 bits per heavy atom. The van der Waals surface area contributed by atoms with E-state index in [0.29, 0.717) is 6.54 Å². The maximum absolute atomic E-state index is 12.5. The zero-order chi connectivity index (χ0) is 17.9. The van der Waals surface area contributed by atoms with Gasteiger partial charge in [-0.2, -0.15) is 5.10 Å². The van der Waals surface area contributed by atoms with Crippen molar-refractivity contribution in [3.63, 3.8) is 0 Å². The zero-order valence-corrected chi connectivity index (χ0v) is 14.6. The summed E-state index contributed by atoms with van der Waals surface area (Å²) in [6, 6.07) is 17.9. The fourth-order valence-electron chi connectivity index (χ4n) is 3.35. The first-order valence-corrected chi connectivity index (χ1v) is 8.76. The fourth-order valence-corrected chi connectivity index (χ4v) is 3.35. The van der Waals surface area contributed by atoms with Crippen molar-refractivity contribution in [2.75, 3.05) is 7.11 Å². The van der Waals surface area contributed by atoms with Crippen LogP contribution in [0.1, 0.15) is 23.5 Å². The summed E-state index contributed by atoms with van der Waals surface area (Å²) in [6.45, 7) is 0.517. The third-order valence-corrected chi connectivity index (χ3v) is 4.81. The number of ether oxygens (including phenoxy) is 1. The van der Waals surface area contributed by atoms with E-state index in [1.165, 1.54) is 0 Å². The highest BCUT2D eigenvalue weighted by Gasteiger charge is 2.45. The second kappa shape index (κ2) is 7.04. The summed E-state index contributed by atoms with van der Waals surface area (Å²) >= 11 is 0. The number of carbonyl (C=O) groups excluding carboxylic acids is 1. The van der Waals surface area contributed by atoms with E-state index in [1.54, 1.807) is 13.3 Å². The number of aromatic nitrogens is 2. The lowest BCUT2D eigenvalue weighted by atomic mass is 10.1. The molecule has 0 spiro atoms. The molecule has 1 N–H and O–H groups in total. The highest BCUT2D eigenvalue weighted by Crippen LogP contribution is 2.50. The van der Waals surface area contributed by atoms with Crippen molar-refractivity contribution < 1.29 is 9.53 Å². The maximum Gasteiger partial charge on any atom is 0.224 e. The Morgan fingerprint density at radius 3 is 2.92 bits per heavy atom. The number of nitrogens with one attached hydrogen (secondary N) is 1. The lowest BCUT2D eigenvalue weighted by Gasteiger charge is -2.09. The molecule has 1 amide bonds. The van der Waals surface area contributed by atoms with Crippen molar-refractivity contribution in [2.45, 2.75) is 18.9 Å². The van der Waals surface area contributed by atoms with Gasteiger partial charge in [0.25, 0.3) is 0 Å². The number of methoxy groups -OCH3 is 1.